The lowest BCUT2D eigenvalue weighted by atomic mass is 10.1. The molecular weight excluding hydrogens is 240 g/mol. The van der Waals surface area contributed by atoms with Gasteiger partial charge in [0.25, 0.3) is 0 Å². The topological polar surface area (TPSA) is 41.6 Å². The van der Waals surface area contributed by atoms with E-state index in [1.165, 1.54) is 0 Å². The normalized spacial score (nSPS) is 21.1. The Labute approximate surface area is 117 Å². The van der Waals surface area contributed by atoms with Crippen molar-refractivity contribution in [1.82, 2.24) is 10.2 Å². The fourth-order valence-electron chi connectivity index (χ4n) is 2.75. The Morgan fingerprint density at radius 1 is 1.42 bits per heavy atom. The van der Waals surface area contributed by atoms with E-state index in [1.807, 2.05) is 11.9 Å². The first-order valence-corrected chi connectivity index (χ1v) is 7.56. The number of carbonyl (C=O) groups is 1. The first-order valence-electron chi connectivity index (χ1n) is 7.56. The molecule has 1 aliphatic heterocycles. The number of ether oxygens (including phenoxy) is 1. The van der Waals surface area contributed by atoms with Gasteiger partial charge in [-0.3, -0.25) is 4.79 Å². The average molecular weight is 270 g/mol. The summed E-state index contributed by atoms with van der Waals surface area (Å²) in [4.78, 5) is 14.0. The maximum absolute atomic E-state index is 12.0. The van der Waals surface area contributed by atoms with Crippen molar-refractivity contribution in [2.24, 2.45) is 11.8 Å². The molecular formula is C15H30N2O2. The fraction of sp³-hybridized carbons (Fsp3) is 0.933. The molecule has 1 saturated heterocycles. The number of nitrogens with zero attached hydrogens (tertiary/aromatic N) is 1. The highest BCUT2D eigenvalue weighted by molar-refractivity contribution is 5.76. The van der Waals surface area contributed by atoms with Gasteiger partial charge in [-0.25, -0.2) is 0 Å². The maximum Gasteiger partial charge on any atom is 0.224 e. The van der Waals surface area contributed by atoms with E-state index in [0.29, 0.717) is 24.9 Å². The summed E-state index contributed by atoms with van der Waals surface area (Å²) in [5.74, 6) is 1.51. The van der Waals surface area contributed by atoms with Gasteiger partial charge in [0.1, 0.15) is 0 Å². The summed E-state index contributed by atoms with van der Waals surface area (Å²) in [6.45, 7) is 9.84. The van der Waals surface area contributed by atoms with Gasteiger partial charge in [0, 0.05) is 13.1 Å². The van der Waals surface area contributed by atoms with E-state index in [-0.39, 0.29) is 12.0 Å². The Hall–Kier alpha value is -0.610. The third-order valence-corrected chi connectivity index (χ3v) is 3.65. The van der Waals surface area contributed by atoms with E-state index >= 15 is 0 Å². The highest BCUT2D eigenvalue weighted by Crippen LogP contribution is 2.16. The molecule has 1 rings (SSSR count). The van der Waals surface area contributed by atoms with E-state index in [1.54, 1.807) is 0 Å². The van der Waals surface area contributed by atoms with Gasteiger partial charge in [-0.1, -0.05) is 13.8 Å². The second kappa shape index (κ2) is 8.54. The first-order chi connectivity index (χ1) is 9.02. The van der Waals surface area contributed by atoms with Crippen molar-refractivity contribution in [3.05, 3.63) is 0 Å². The minimum Gasteiger partial charge on any atom is -0.378 e. The largest absolute Gasteiger partial charge is 0.378 e. The SMILES string of the molecule is CNCC1CCN(C(=O)CCOC(C)CC(C)C)C1. The molecule has 112 valence electrons. The van der Waals surface area contributed by atoms with Crippen molar-refractivity contribution in [2.45, 2.75) is 46.1 Å². The molecule has 0 aromatic carbocycles. The monoisotopic (exact) mass is 270 g/mol. The van der Waals surface area contributed by atoms with Crippen LogP contribution in [-0.2, 0) is 9.53 Å². The molecule has 0 aliphatic carbocycles. The van der Waals surface area contributed by atoms with Crippen LogP contribution in [0, 0.1) is 11.8 Å². The lowest BCUT2D eigenvalue weighted by Gasteiger charge is -2.18. The Balaban J connectivity index is 2.14. The molecule has 2 unspecified atom stereocenters. The van der Waals surface area contributed by atoms with Gasteiger partial charge in [-0.2, -0.15) is 0 Å². The van der Waals surface area contributed by atoms with Gasteiger partial charge in [0.15, 0.2) is 0 Å². The third kappa shape index (κ3) is 6.39. The summed E-state index contributed by atoms with van der Waals surface area (Å²) in [6, 6.07) is 0. The van der Waals surface area contributed by atoms with Crippen LogP contribution in [0.4, 0.5) is 0 Å². The third-order valence-electron chi connectivity index (χ3n) is 3.65. The van der Waals surface area contributed by atoms with Gasteiger partial charge in [-0.15, -0.1) is 0 Å². The van der Waals surface area contributed by atoms with Crippen LogP contribution in [-0.4, -0.2) is 50.2 Å². The van der Waals surface area contributed by atoms with E-state index < -0.39 is 0 Å². The number of hydrogen-bond donors (Lipinski definition) is 1. The Morgan fingerprint density at radius 3 is 2.79 bits per heavy atom. The zero-order chi connectivity index (χ0) is 14.3. The summed E-state index contributed by atoms with van der Waals surface area (Å²) in [6.07, 6.45) is 2.96. The van der Waals surface area contributed by atoms with Gasteiger partial charge in [0.05, 0.1) is 19.1 Å². The van der Waals surface area contributed by atoms with Crippen molar-refractivity contribution in [1.29, 1.82) is 0 Å². The van der Waals surface area contributed by atoms with Crippen molar-refractivity contribution >= 4 is 5.91 Å². The zero-order valence-corrected chi connectivity index (χ0v) is 12.9. The second-order valence-electron chi connectivity index (χ2n) is 6.11. The predicted octanol–water partition coefficient (Wildman–Crippen LogP) is 1.90. The lowest BCUT2D eigenvalue weighted by Crippen LogP contribution is -2.31. The maximum atomic E-state index is 12.0. The van der Waals surface area contributed by atoms with E-state index in [9.17, 15) is 4.79 Å². The standard InChI is InChI=1S/C15H30N2O2/c1-12(2)9-13(3)19-8-6-15(18)17-7-5-14(11-17)10-16-4/h12-14,16H,5-11H2,1-4H3. The van der Waals surface area contributed by atoms with Crippen LogP contribution >= 0.6 is 0 Å². The smallest absolute Gasteiger partial charge is 0.224 e. The number of amides is 1. The van der Waals surface area contributed by atoms with Crippen LogP contribution in [0.1, 0.15) is 40.0 Å². The molecule has 19 heavy (non-hydrogen) atoms. The minimum absolute atomic E-state index is 0.246. The van der Waals surface area contributed by atoms with Crippen LogP contribution in [0.15, 0.2) is 0 Å². The van der Waals surface area contributed by atoms with E-state index in [4.69, 9.17) is 4.74 Å². The highest BCUT2D eigenvalue weighted by Gasteiger charge is 2.25. The molecule has 0 aromatic heterocycles. The molecule has 1 heterocycles. The molecule has 4 nitrogen and oxygen atoms in total. The number of likely N-dealkylation sites (tertiary alicyclic amines) is 1. The summed E-state index contributed by atoms with van der Waals surface area (Å²) in [5.41, 5.74) is 0. The van der Waals surface area contributed by atoms with E-state index in [2.05, 4.69) is 26.1 Å². The molecule has 0 spiro atoms. The van der Waals surface area contributed by atoms with Gasteiger partial charge in [-0.05, 0) is 45.2 Å². The van der Waals surface area contributed by atoms with Crippen LogP contribution in [0.2, 0.25) is 0 Å². The Kier molecular flexibility index (Phi) is 7.39. The molecule has 1 aliphatic rings. The molecule has 1 N–H and O–H groups in total. The van der Waals surface area contributed by atoms with Crippen LogP contribution in [0.5, 0.6) is 0 Å². The number of rotatable bonds is 8. The Morgan fingerprint density at radius 2 is 2.16 bits per heavy atom. The van der Waals surface area contributed by atoms with Crippen molar-refractivity contribution in [3.63, 3.8) is 0 Å². The van der Waals surface area contributed by atoms with Crippen LogP contribution < -0.4 is 5.32 Å². The van der Waals surface area contributed by atoms with Crippen molar-refractivity contribution in [3.8, 4) is 0 Å². The van der Waals surface area contributed by atoms with Gasteiger partial charge in [0.2, 0.25) is 5.91 Å². The molecule has 4 heteroatoms. The average Bonchev–Trinajstić information content (AvgIpc) is 2.77. The number of nitrogens with one attached hydrogen (secondary N) is 1. The highest BCUT2D eigenvalue weighted by atomic mass is 16.5. The van der Waals surface area contributed by atoms with Crippen molar-refractivity contribution in [2.75, 3.05) is 33.3 Å². The summed E-state index contributed by atoms with van der Waals surface area (Å²) < 4.78 is 5.70. The fourth-order valence-corrected chi connectivity index (χ4v) is 2.75. The molecule has 1 fully saturated rings. The van der Waals surface area contributed by atoms with Crippen LogP contribution in [0.3, 0.4) is 0 Å². The molecule has 0 saturated carbocycles. The zero-order valence-electron chi connectivity index (χ0n) is 12.9. The molecule has 0 aromatic rings. The second-order valence-corrected chi connectivity index (χ2v) is 6.11. The summed E-state index contributed by atoms with van der Waals surface area (Å²) in [7, 11) is 1.97. The van der Waals surface area contributed by atoms with Crippen molar-refractivity contribution < 1.29 is 9.53 Å². The van der Waals surface area contributed by atoms with Gasteiger partial charge < -0.3 is 15.0 Å². The molecule has 2 atom stereocenters. The Bertz CT molecular complexity index is 269. The van der Waals surface area contributed by atoms with Crippen LogP contribution in [0.25, 0.3) is 0 Å². The summed E-state index contributed by atoms with van der Waals surface area (Å²) >= 11 is 0. The predicted molar refractivity (Wildman–Crippen MR) is 78.1 cm³/mol. The van der Waals surface area contributed by atoms with Gasteiger partial charge >= 0.3 is 0 Å². The summed E-state index contributed by atoms with van der Waals surface area (Å²) in [5, 5.41) is 3.18. The first kappa shape index (κ1) is 16.4. The molecule has 0 bridgehead atoms. The van der Waals surface area contributed by atoms with E-state index in [0.717, 1.165) is 32.5 Å². The number of carbonyl (C=O) groups excluding carboxylic acids is 1. The molecule has 1 amide bonds. The quantitative estimate of drug-likeness (QED) is 0.732. The lowest BCUT2D eigenvalue weighted by molar-refractivity contribution is -0.131. The number of hydrogen-bond acceptors (Lipinski definition) is 3. The molecule has 0 radical (unpaired) electrons. The minimum atomic E-state index is 0.246.